The van der Waals surface area contributed by atoms with Gasteiger partial charge in [-0.15, -0.1) is 0 Å². The first-order valence-electron chi connectivity index (χ1n) is 15.5. The quantitative estimate of drug-likeness (QED) is 0.208. The van der Waals surface area contributed by atoms with Gasteiger partial charge in [-0.1, -0.05) is 98.8 Å². The number of ketones is 1. The van der Waals surface area contributed by atoms with E-state index in [2.05, 4.69) is 21.3 Å². The lowest BCUT2D eigenvalue weighted by atomic mass is 9.99. The molecule has 0 heterocycles. The average molecular weight is 611 g/mol. The number of Topliss-reactive ketones (excluding diaryl/α,β-unsaturated/α-hetero) is 1. The van der Waals surface area contributed by atoms with Gasteiger partial charge in [0.05, 0.1) is 0 Å². The van der Waals surface area contributed by atoms with E-state index >= 15 is 0 Å². The maximum Gasteiger partial charge on any atom is 0.289 e. The first-order chi connectivity index (χ1) is 21.6. The van der Waals surface area contributed by atoms with E-state index in [0.29, 0.717) is 19.3 Å². The molecule has 45 heavy (non-hydrogen) atoms. The van der Waals surface area contributed by atoms with E-state index in [9.17, 15) is 24.0 Å². The van der Waals surface area contributed by atoms with Gasteiger partial charge in [0.2, 0.25) is 23.5 Å². The SMILES string of the molecule is CC(C)C[C@H](NC(=O)[C@H](C)NC(=O)C1Cc2ccccc2C1)C(=O)N[C@@H](Cc1ccccc1)C(=O)C(=O)NCc1ccccc1. The van der Waals surface area contributed by atoms with Crippen LogP contribution in [0.3, 0.4) is 0 Å². The van der Waals surface area contributed by atoms with E-state index in [4.69, 9.17) is 0 Å². The van der Waals surface area contributed by atoms with Crippen LogP contribution in [0.1, 0.15) is 49.4 Å². The largest absolute Gasteiger partial charge is 0.345 e. The molecule has 1 aliphatic carbocycles. The minimum Gasteiger partial charge on any atom is -0.345 e. The van der Waals surface area contributed by atoms with Gasteiger partial charge >= 0.3 is 0 Å². The van der Waals surface area contributed by atoms with Crippen LogP contribution in [-0.4, -0.2) is 47.5 Å². The summed E-state index contributed by atoms with van der Waals surface area (Å²) in [6.07, 6.45) is 1.63. The highest BCUT2D eigenvalue weighted by Crippen LogP contribution is 2.26. The number of hydrogen-bond donors (Lipinski definition) is 4. The molecule has 0 spiro atoms. The molecule has 4 rings (SSSR count). The summed E-state index contributed by atoms with van der Waals surface area (Å²) in [4.78, 5) is 66.0. The fourth-order valence-electron chi connectivity index (χ4n) is 5.50. The molecule has 4 N–H and O–H groups in total. The lowest BCUT2D eigenvalue weighted by Gasteiger charge is -2.25. The smallest absolute Gasteiger partial charge is 0.289 e. The van der Waals surface area contributed by atoms with Crippen LogP contribution >= 0.6 is 0 Å². The Kier molecular flexibility index (Phi) is 11.6. The van der Waals surface area contributed by atoms with Gasteiger partial charge < -0.3 is 21.3 Å². The average Bonchev–Trinajstić information content (AvgIpc) is 3.48. The summed E-state index contributed by atoms with van der Waals surface area (Å²) in [5.74, 6) is -3.12. The van der Waals surface area contributed by atoms with Gasteiger partial charge in [-0.2, -0.15) is 0 Å². The van der Waals surface area contributed by atoms with Crippen molar-refractivity contribution in [1.29, 1.82) is 0 Å². The van der Waals surface area contributed by atoms with Crippen molar-refractivity contribution in [3.05, 3.63) is 107 Å². The molecule has 9 nitrogen and oxygen atoms in total. The van der Waals surface area contributed by atoms with Crippen molar-refractivity contribution >= 4 is 29.4 Å². The van der Waals surface area contributed by atoms with E-state index in [1.807, 2.05) is 98.8 Å². The molecule has 236 valence electrons. The summed E-state index contributed by atoms with van der Waals surface area (Å²) in [7, 11) is 0. The topological polar surface area (TPSA) is 133 Å². The Morgan fingerprint density at radius 2 is 1.20 bits per heavy atom. The van der Waals surface area contributed by atoms with E-state index in [-0.39, 0.29) is 30.7 Å². The maximum absolute atomic E-state index is 13.6. The van der Waals surface area contributed by atoms with Crippen molar-refractivity contribution in [2.24, 2.45) is 11.8 Å². The Bertz CT molecular complexity index is 1470. The van der Waals surface area contributed by atoms with Crippen molar-refractivity contribution < 1.29 is 24.0 Å². The summed E-state index contributed by atoms with van der Waals surface area (Å²) < 4.78 is 0. The molecule has 3 aromatic carbocycles. The number of fused-ring (bicyclic) bond motifs is 1. The predicted molar refractivity (Wildman–Crippen MR) is 172 cm³/mol. The van der Waals surface area contributed by atoms with Crippen LogP contribution in [0.5, 0.6) is 0 Å². The molecule has 3 aromatic rings. The first kappa shape index (κ1) is 33.1. The number of carbonyl (C=O) groups is 5. The lowest BCUT2D eigenvalue weighted by molar-refractivity contribution is -0.140. The molecule has 4 amide bonds. The van der Waals surface area contributed by atoms with Gasteiger partial charge in [0.25, 0.3) is 5.91 Å². The number of carbonyl (C=O) groups excluding carboxylic acids is 5. The van der Waals surface area contributed by atoms with E-state index < -0.39 is 41.6 Å². The standard InChI is InChI=1S/C36H42N4O5/c1-23(2)18-31(40-33(42)24(3)38-34(43)29-20-27-16-10-11-17-28(27)21-29)35(44)39-30(19-25-12-6-4-7-13-25)32(41)36(45)37-22-26-14-8-5-9-15-26/h4-17,23-24,29-31H,18-22H2,1-3H3,(H,37,45)(H,38,43)(H,39,44)(H,40,42)/t24-,30-,31-/m0/s1. The summed E-state index contributed by atoms with van der Waals surface area (Å²) in [6, 6.07) is 23.2. The van der Waals surface area contributed by atoms with Gasteiger partial charge in [0.15, 0.2) is 0 Å². The summed E-state index contributed by atoms with van der Waals surface area (Å²) >= 11 is 0. The molecule has 0 saturated heterocycles. The van der Waals surface area contributed by atoms with Crippen LogP contribution in [0.2, 0.25) is 0 Å². The Morgan fingerprint density at radius 1 is 0.667 bits per heavy atom. The monoisotopic (exact) mass is 610 g/mol. The Morgan fingerprint density at radius 3 is 1.78 bits per heavy atom. The van der Waals surface area contributed by atoms with Crippen molar-refractivity contribution in [3.63, 3.8) is 0 Å². The van der Waals surface area contributed by atoms with Crippen LogP contribution in [0.25, 0.3) is 0 Å². The summed E-state index contributed by atoms with van der Waals surface area (Å²) in [6.45, 7) is 5.58. The molecular formula is C36H42N4O5. The van der Waals surface area contributed by atoms with Gasteiger partial charge in [-0.25, -0.2) is 0 Å². The predicted octanol–water partition coefficient (Wildman–Crippen LogP) is 3.05. The van der Waals surface area contributed by atoms with Gasteiger partial charge in [-0.3, -0.25) is 24.0 Å². The first-order valence-corrected chi connectivity index (χ1v) is 15.5. The molecular weight excluding hydrogens is 568 g/mol. The zero-order valence-corrected chi connectivity index (χ0v) is 26.0. The molecule has 0 unspecified atom stereocenters. The molecule has 1 aliphatic rings. The van der Waals surface area contributed by atoms with Gasteiger partial charge in [0, 0.05) is 18.9 Å². The minimum atomic E-state index is -1.15. The third kappa shape index (κ3) is 9.60. The van der Waals surface area contributed by atoms with Crippen molar-refractivity contribution in [2.75, 3.05) is 0 Å². The van der Waals surface area contributed by atoms with Crippen molar-refractivity contribution in [2.45, 2.75) is 71.1 Å². The highest BCUT2D eigenvalue weighted by Gasteiger charge is 2.33. The number of amides is 4. The van der Waals surface area contributed by atoms with Crippen LogP contribution < -0.4 is 21.3 Å². The molecule has 0 bridgehead atoms. The van der Waals surface area contributed by atoms with Crippen LogP contribution in [0.4, 0.5) is 0 Å². The fourth-order valence-corrected chi connectivity index (χ4v) is 5.50. The van der Waals surface area contributed by atoms with E-state index in [1.54, 1.807) is 6.92 Å². The van der Waals surface area contributed by atoms with Crippen LogP contribution in [0, 0.1) is 11.8 Å². The molecule has 0 aliphatic heterocycles. The number of nitrogens with one attached hydrogen (secondary N) is 4. The highest BCUT2D eigenvalue weighted by atomic mass is 16.2. The minimum absolute atomic E-state index is 0.0281. The van der Waals surface area contributed by atoms with Crippen molar-refractivity contribution in [3.8, 4) is 0 Å². The number of benzene rings is 3. The lowest BCUT2D eigenvalue weighted by Crippen LogP contribution is -2.57. The maximum atomic E-state index is 13.6. The molecule has 3 atom stereocenters. The Balaban J connectivity index is 1.40. The second-order valence-corrected chi connectivity index (χ2v) is 12.1. The molecule has 0 saturated carbocycles. The third-order valence-electron chi connectivity index (χ3n) is 7.95. The molecule has 0 aromatic heterocycles. The summed E-state index contributed by atoms with van der Waals surface area (Å²) in [5, 5.41) is 10.9. The number of hydrogen-bond acceptors (Lipinski definition) is 5. The zero-order chi connectivity index (χ0) is 32.3. The zero-order valence-electron chi connectivity index (χ0n) is 26.0. The Hall–Kier alpha value is -4.79. The van der Waals surface area contributed by atoms with Crippen LogP contribution in [-0.2, 0) is 49.8 Å². The second-order valence-electron chi connectivity index (χ2n) is 12.1. The van der Waals surface area contributed by atoms with Gasteiger partial charge in [-0.05, 0) is 54.4 Å². The molecule has 9 heteroatoms. The molecule has 0 radical (unpaired) electrons. The van der Waals surface area contributed by atoms with E-state index in [1.165, 1.54) is 0 Å². The van der Waals surface area contributed by atoms with Gasteiger partial charge in [0.1, 0.15) is 18.1 Å². The highest BCUT2D eigenvalue weighted by molar-refractivity contribution is 6.38. The summed E-state index contributed by atoms with van der Waals surface area (Å²) in [5.41, 5.74) is 3.87. The van der Waals surface area contributed by atoms with Crippen molar-refractivity contribution in [1.82, 2.24) is 21.3 Å². The van der Waals surface area contributed by atoms with E-state index in [0.717, 1.165) is 22.3 Å². The number of rotatable bonds is 14. The molecule has 0 fully saturated rings. The second kappa shape index (κ2) is 15.8. The third-order valence-corrected chi connectivity index (χ3v) is 7.95. The van der Waals surface area contributed by atoms with Crippen LogP contribution in [0.15, 0.2) is 84.9 Å². The normalized spacial score (nSPS) is 14.5. The fraction of sp³-hybridized carbons (Fsp3) is 0.361. The Labute approximate surface area is 264 Å².